The molecule has 0 radical (unpaired) electrons. The van der Waals surface area contributed by atoms with Crippen molar-refractivity contribution in [3.05, 3.63) is 35.9 Å². The number of hydrogen-bond acceptors (Lipinski definition) is 5. The van der Waals surface area contributed by atoms with Crippen molar-refractivity contribution >= 4 is 28.8 Å². The molecule has 1 aromatic rings. The highest BCUT2D eigenvalue weighted by Crippen LogP contribution is 2.40. The van der Waals surface area contributed by atoms with E-state index in [9.17, 15) is 13.8 Å². The smallest absolute Gasteiger partial charge is 0.410 e. The van der Waals surface area contributed by atoms with Crippen molar-refractivity contribution in [2.45, 2.75) is 76.8 Å². The van der Waals surface area contributed by atoms with Gasteiger partial charge in [-0.05, 0) is 58.9 Å². The summed E-state index contributed by atoms with van der Waals surface area (Å²) in [6, 6.07) is 9.55. The maximum absolute atomic E-state index is 12.8. The number of amides is 1. The molecule has 31 heavy (non-hydrogen) atoms. The SMILES string of the molecule is CCOC(=O)C(=NS(=O)C(C)(C)C)C1CC2CCC(C1)N2C(=O)OCc1ccccc1. The molecule has 0 N–H and O–H groups in total. The average molecular weight is 449 g/mol. The summed E-state index contributed by atoms with van der Waals surface area (Å²) >= 11 is 0. The molecule has 2 aliphatic rings. The molecule has 0 spiro atoms. The Kier molecular flexibility index (Phi) is 7.51. The maximum Gasteiger partial charge on any atom is 0.410 e. The standard InChI is InChI=1S/C23H32N2O5S/c1-5-29-21(26)20(24-31(28)23(2,3)4)17-13-18-11-12-19(14-17)25(18)22(27)30-15-16-9-7-6-8-10-16/h6-10,17-19H,5,11-15H2,1-4H3. The first kappa shape index (κ1) is 23.4. The predicted molar refractivity (Wildman–Crippen MR) is 120 cm³/mol. The van der Waals surface area contributed by atoms with Crippen LogP contribution in [0.5, 0.6) is 0 Å². The van der Waals surface area contributed by atoms with Crippen LogP contribution in [0.3, 0.4) is 0 Å². The minimum Gasteiger partial charge on any atom is -0.461 e. The van der Waals surface area contributed by atoms with Crippen molar-refractivity contribution in [2.24, 2.45) is 10.3 Å². The van der Waals surface area contributed by atoms with Crippen LogP contribution in [0.1, 0.15) is 58.9 Å². The van der Waals surface area contributed by atoms with E-state index in [2.05, 4.69) is 4.40 Å². The summed E-state index contributed by atoms with van der Waals surface area (Å²) in [7, 11) is -1.56. The highest BCUT2D eigenvalue weighted by Gasteiger charge is 2.46. The van der Waals surface area contributed by atoms with E-state index in [1.807, 2.05) is 56.0 Å². The second-order valence-electron chi connectivity index (χ2n) is 9.06. The monoisotopic (exact) mass is 448 g/mol. The molecule has 0 aromatic heterocycles. The second-order valence-corrected chi connectivity index (χ2v) is 11.0. The highest BCUT2D eigenvalue weighted by atomic mass is 32.2. The summed E-state index contributed by atoms with van der Waals surface area (Å²) in [5, 5.41) is 0. The van der Waals surface area contributed by atoms with E-state index in [1.165, 1.54) is 0 Å². The number of esters is 1. The van der Waals surface area contributed by atoms with Crippen molar-refractivity contribution in [3.8, 4) is 0 Å². The van der Waals surface area contributed by atoms with Crippen LogP contribution in [0, 0.1) is 5.92 Å². The van der Waals surface area contributed by atoms with E-state index < -0.39 is 21.7 Å². The maximum atomic E-state index is 12.8. The number of piperidine rings is 1. The topological polar surface area (TPSA) is 85.3 Å². The van der Waals surface area contributed by atoms with Crippen LogP contribution in [-0.2, 0) is 31.9 Å². The first-order valence-electron chi connectivity index (χ1n) is 10.9. The van der Waals surface area contributed by atoms with Gasteiger partial charge in [0, 0.05) is 18.0 Å². The molecule has 1 amide bonds. The van der Waals surface area contributed by atoms with E-state index in [0.717, 1.165) is 18.4 Å². The lowest BCUT2D eigenvalue weighted by atomic mass is 9.87. The molecule has 8 heteroatoms. The summed E-state index contributed by atoms with van der Waals surface area (Å²) in [6.07, 6.45) is 2.59. The Morgan fingerprint density at radius 1 is 1.10 bits per heavy atom. The number of carbonyl (C=O) groups is 2. The van der Waals surface area contributed by atoms with Crippen LogP contribution in [0.4, 0.5) is 4.79 Å². The Labute approximate surface area is 186 Å². The number of rotatable bonds is 6. The van der Waals surface area contributed by atoms with Gasteiger partial charge in [0.15, 0.2) is 0 Å². The number of ether oxygens (including phenoxy) is 2. The minimum atomic E-state index is -1.56. The first-order valence-corrected chi connectivity index (χ1v) is 12.0. The van der Waals surface area contributed by atoms with E-state index in [0.29, 0.717) is 12.8 Å². The van der Waals surface area contributed by atoms with Gasteiger partial charge in [0.1, 0.15) is 23.3 Å². The fourth-order valence-corrected chi connectivity index (χ4v) is 4.88. The van der Waals surface area contributed by atoms with Crippen LogP contribution >= 0.6 is 0 Å². The Morgan fingerprint density at radius 2 is 1.71 bits per heavy atom. The Balaban J connectivity index is 1.71. The fraction of sp³-hybridized carbons (Fsp3) is 0.609. The van der Waals surface area contributed by atoms with Crippen molar-refractivity contribution in [3.63, 3.8) is 0 Å². The number of fused-ring (bicyclic) bond motifs is 2. The zero-order valence-electron chi connectivity index (χ0n) is 18.7. The van der Waals surface area contributed by atoms with Gasteiger partial charge in [-0.25, -0.2) is 13.8 Å². The quantitative estimate of drug-likeness (QED) is 0.484. The van der Waals surface area contributed by atoms with Crippen molar-refractivity contribution < 1.29 is 23.3 Å². The summed E-state index contributed by atoms with van der Waals surface area (Å²) in [5.74, 6) is -0.689. The van der Waals surface area contributed by atoms with Crippen molar-refractivity contribution in [1.82, 2.24) is 4.90 Å². The molecule has 2 heterocycles. The van der Waals surface area contributed by atoms with Gasteiger partial charge in [-0.1, -0.05) is 30.3 Å². The van der Waals surface area contributed by atoms with E-state index in [-0.39, 0.29) is 43.0 Å². The lowest BCUT2D eigenvalue weighted by molar-refractivity contribution is -0.135. The van der Waals surface area contributed by atoms with E-state index in [1.54, 1.807) is 6.92 Å². The molecule has 3 atom stereocenters. The van der Waals surface area contributed by atoms with Gasteiger partial charge in [-0.3, -0.25) is 0 Å². The molecule has 2 bridgehead atoms. The summed E-state index contributed by atoms with van der Waals surface area (Å²) in [5.41, 5.74) is 1.18. The first-order chi connectivity index (χ1) is 14.7. The van der Waals surface area contributed by atoms with Gasteiger partial charge in [-0.2, -0.15) is 4.40 Å². The minimum absolute atomic E-state index is 0.0188. The second kappa shape index (κ2) is 9.94. The molecular formula is C23H32N2O5S. The normalized spacial score (nSPS) is 24.6. The number of benzene rings is 1. The lowest BCUT2D eigenvalue weighted by Crippen LogP contribution is -2.49. The molecule has 3 unspecified atom stereocenters. The third-order valence-corrected chi connectivity index (χ3v) is 7.14. The van der Waals surface area contributed by atoms with E-state index >= 15 is 0 Å². The molecule has 2 fully saturated rings. The van der Waals surface area contributed by atoms with Crippen molar-refractivity contribution in [2.75, 3.05) is 6.61 Å². The summed E-state index contributed by atoms with van der Waals surface area (Å²) in [4.78, 5) is 27.2. The summed E-state index contributed by atoms with van der Waals surface area (Å²) in [6.45, 7) is 7.68. The van der Waals surface area contributed by atoms with Gasteiger partial charge in [-0.15, -0.1) is 0 Å². The van der Waals surface area contributed by atoms with Gasteiger partial charge in [0.2, 0.25) is 0 Å². The zero-order chi connectivity index (χ0) is 22.6. The Bertz CT molecular complexity index is 835. The third-order valence-electron chi connectivity index (χ3n) is 5.73. The summed E-state index contributed by atoms with van der Waals surface area (Å²) < 4.78 is 27.1. The predicted octanol–water partition coefficient (Wildman–Crippen LogP) is 4.03. The Morgan fingerprint density at radius 3 is 2.26 bits per heavy atom. The number of nitrogens with zero attached hydrogens (tertiary/aromatic N) is 2. The average Bonchev–Trinajstić information content (AvgIpc) is 3.00. The van der Waals surface area contributed by atoms with Crippen molar-refractivity contribution in [1.29, 1.82) is 0 Å². The van der Waals surface area contributed by atoms with Gasteiger partial charge in [0.05, 0.1) is 11.4 Å². The van der Waals surface area contributed by atoms with Gasteiger partial charge < -0.3 is 14.4 Å². The molecule has 7 nitrogen and oxygen atoms in total. The largest absolute Gasteiger partial charge is 0.461 e. The lowest BCUT2D eigenvalue weighted by Gasteiger charge is -2.38. The van der Waals surface area contributed by atoms with Crippen LogP contribution in [0.25, 0.3) is 0 Å². The zero-order valence-corrected chi connectivity index (χ0v) is 19.5. The van der Waals surface area contributed by atoms with Crippen LogP contribution < -0.4 is 0 Å². The molecule has 2 aliphatic heterocycles. The third kappa shape index (κ3) is 5.73. The molecule has 0 aliphatic carbocycles. The molecule has 0 saturated carbocycles. The van der Waals surface area contributed by atoms with Crippen LogP contribution in [0.15, 0.2) is 34.7 Å². The molecule has 1 aromatic carbocycles. The molecule has 3 rings (SSSR count). The molecule has 2 saturated heterocycles. The number of hydrogen-bond donors (Lipinski definition) is 0. The molecule has 170 valence electrons. The fourth-order valence-electron chi connectivity index (χ4n) is 4.20. The molecular weight excluding hydrogens is 416 g/mol. The highest BCUT2D eigenvalue weighted by molar-refractivity contribution is 7.85. The van der Waals surface area contributed by atoms with Crippen LogP contribution in [-0.4, -0.2) is 50.3 Å². The number of carbonyl (C=O) groups excluding carboxylic acids is 2. The Hall–Kier alpha value is -2.22. The van der Waals surface area contributed by atoms with Crippen LogP contribution in [0.2, 0.25) is 0 Å². The van der Waals surface area contributed by atoms with Gasteiger partial charge in [0.25, 0.3) is 0 Å². The van der Waals surface area contributed by atoms with E-state index in [4.69, 9.17) is 9.47 Å². The van der Waals surface area contributed by atoms with Gasteiger partial charge >= 0.3 is 12.1 Å².